The van der Waals surface area contributed by atoms with Crippen LogP contribution in [0.4, 0.5) is 4.39 Å². The fourth-order valence-corrected chi connectivity index (χ4v) is 9.29. The second-order valence-corrected chi connectivity index (χ2v) is 12.9. The fourth-order valence-electron chi connectivity index (χ4n) is 9.29. The largest absolute Gasteiger partial charge is 0.456 e. The van der Waals surface area contributed by atoms with E-state index in [4.69, 9.17) is 9.47 Å². The van der Waals surface area contributed by atoms with Gasteiger partial charge in [0.05, 0.1) is 24.6 Å². The van der Waals surface area contributed by atoms with Crippen molar-refractivity contribution in [2.75, 3.05) is 6.61 Å². The van der Waals surface area contributed by atoms with Gasteiger partial charge in [-0.15, -0.1) is 5.10 Å². The number of aromatic nitrogens is 3. The van der Waals surface area contributed by atoms with Crippen LogP contribution in [0, 0.1) is 39.8 Å². The molecule has 0 unspecified atom stereocenters. The van der Waals surface area contributed by atoms with Gasteiger partial charge in [-0.05, 0) is 66.9 Å². The molecule has 212 valence electrons. The Bertz CT molecular complexity index is 1440. The van der Waals surface area contributed by atoms with Gasteiger partial charge in [0.15, 0.2) is 11.5 Å². The van der Waals surface area contributed by atoms with Crippen molar-refractivity contribution in [2.45, 2.75) is 63.6 Å². The molecular weight excluding hydrogens is 521 g/mol. The number of aliphatic hydroxyl groups is 3. The van der Waals surface area contributed by atoms with Crippen molar-refractivity contribution in [1.29, 1.82) is 0 Å². The number of hydrogen-bond donors (Lipinski definition) is 3. The molecule has 2 spiro atoms. The van der Waals surface area contributed by atoms with Crippen molar-refractivity contribution in [2.24, 2.45) is 34.0 Å². The Labute approximate surface area is 229 Å². The highest BCUT2D eigenvalue weighted by molar-refractivity contribution is 6.05. The van der Waals surface area contributed by atoms with E-state index in [1.807, 2.05) is 13.8 Å². The Morgan fingerprint density at radius 1 is 1.20 bits per heavy atom. The second-order valence-electron chi connectivity index (χ2n) is 12.9. The van der Waals surface area contributed by atoms with Crippen LogP contribution in [0.15, 0.2) is 42.6 Å². The van der Waals surface area contributed by atoms with Crippen LogP contribution in [-0.4, -0.2) is 72.8 Å². The summed E-state index contributed by atoms with van der Waals surface area (Å²) in [7, 11) is 0. The van der Waals surface area contributed by atoms with Crippen LogP contribution in [-0.2, 0) is 14.3 Å². The molecule has 2 aliphatic heterocycles. The van der Waals surface area contributed by atoms with Crippen molar-refractivity contribution in [3.8, 4) is 5.69 Å². The maximum Gasteiger partial charge on any atom is 0.360 e. The van der Waals surface area contributed by atoms with Gasteiger partial charge >= 0.3 is 5.97 Å². The number of carbonyl (C=O) groups is 2. The van der Waals surface area contributed by atoms with Crippen LogP contribution in [0.1, 0.15) is 50.0 Å². The fraction of sp³-hybridized carbons (Fsp3) is 0.586. The lowest BCUT2D eigenvalue weighted by atomic mass is 9.35. The van der Waals surface area contributed by atoms with Crippen molar-refractivity contribution >= 4 is 11.8 Å². The molecule has 9 atom stereocenters. The molecule has 8 rings (SSSR count). The van der Waals surface area contributed by atoms with E-state index in [0.717, 1.165) is 0 Å². The van der Waals surface area contributed by atoms with Gasteiger partial charge in [0, 0.05) is 17.3 Å². The molecular formula is C29H32FN3O7. The number of benzene rings is 1. The smallest absolute Gasteiger partial charge is 0.360 e. The van der Waals surface area contributed by atoms with Crippen molar-refractivity contribution in [3.63, 3.8) is 0 Å². The van der Waals surface area contributed by atoms with Gasteiger partial charge < -0.3 is 24.8 Å². The number of esters is 1. The Hall–Kier alpha value is -2.99. The zero-order valence-corrected chi connectivity index (χ0v) is 22.3. The van der Waals surface area contributed by atoms with Crippen LogP contribution in [0.3, 0.4) is 0 Å². The molecule has 3 N–H and O–H groups in total. The van der Waals surface area contributed by atoms with Gasteiger partial charge in [-0.3, -0.25) is 4.79 Å². The van der Waals surface area contributed by atoms with E-state index in [1.165, 1.54) is 35.1 Å². The van der Waals surface area contributed by atoms with Crippen LogP contribution < -0.4 is 0 Å². The number of hydrogen-bond acceptors (Lipinski definition) is 9. The number of fused-ring (bicyclic) bond motifs is 2. The van der Waals surface area contributed by atoms with Crippen LogP contribution in [0.25, 0.3) is 5.69 Å². The Morgan fingerprint density at radius 3 is 2.65 bits per heavy atom. The maximum atomic E-state index is 14.2. The molecule has 0 radical (unpaired) electrons. The summed E-state index contributed by atoms with van der Waals surface area (Å²) in [5.41, 5.74) is -2.76. The van der Waals surface area contributed by atoms with Crippen LogP contribution >= 0.6 is 0 Å². The number of ether oxygens (including phenoxy) is 2. The number of halogens is 1. The summed E-state index contributed by atoms with van der Waals surface area (Å²) in [6.07, 6.45) is -0.198. The van der Waals surface area contributed by atoms with Gasteiger partial charge in [0.1, 0.15) is 23.4 Å². The molecule has 2 saturated heterocycles. The first-order valence-electron chi connectivity index (χ1n) is 13.7. The quantitative estimate of drug-likeness (QED) is 0.384. The SMILES string of the molecule is C=C1C(=O)[C@]23[C@H](OC(=O)c4cn(-c5ccc(F)cc5)nn4)[C@H]1CC[C@H]2[C@@]12CO[C@]3(O)[C@@H](O)[C@@H]1C(C)(C)CC[C@@H]2O. The van der Waals surface area contributed by atoms with Crippen molar-refractivity contribution in [3.05, 3.63) is 54.1 Å². The van der Waals surface area contributed by atoms with E-state index < -0.39 is 75.7 Å². The first-order chi connectivity index (χ1) is 18.9. The highest BCUT2D eigenvalue weighted by Crippen LogP contribution is 2.76. The first kappa shape index (κ1) is 25.9. The summed E-state index contributed by atoms with van der Waals surface area (Å²) in [6.45, 7) is 8.02. The van der Waals surface area contributed by atoms with Gasteiger partial charge in [-0.25, -0.2) is 13.9 Å². The van der Waals surface area contributed by atoms with E-state index in [2.05, 4.69) is 16.9 Å². The minimum absolute atomic E-state index is 0.0146. The van der Waals surface area contributed by atoms with Crippen LogP contribution in [0.5, 0.6) is 0 Å². The molecule has 2 aromatic rings. The number of ketones is 1. The number of nitrogens with zero attached hydrogens (tertiary/aromatic N) is 3. The molecule has 3 heterocycles. The molecule has 6 aliphatic rings. The minimum atomic E-state index is -2.34. The number of rotatable bonds is 3. The van der Waals surface area contributed by atoms with Crippen molar-refractivity contribution in [1.82, 2.24) is 15.0 Å². The van der Waals surface area contributed by atoms with E-state index in [1.54, 1.807) is 0 Å². The molecule has 4 saturated carbocycles. The predicted octanol–water partition coefficient (Wildman–Crippen LogP) is 1.96. The van der Waals surface area contributed by atoms with Crippen LogP contribution in [0.2, 0.25) is 0 Å². The molecule has 1 aromatic heterocycles. The maximum absolute atomic E-state index is 14.2. The third-order valence-electron chi connectivity index (χ3n) is 10.9. The molecule has 4 aliphatic carbocycles. The standard InChI is InChI=1S/C29H32FN3O7/c1-14-17-8-9-19-27-13-39-29(38,23(36)21(27)26(2,3)11-10-20(27)34)28(19,22(14)35)24(17)40-25(37)18-12-33(32-31-18)16-6-4-15(30)5-7-16/h4-7,12,17,19-21,23-24,34,36,38H,1,8-11,13H2,2-3H3/t17-,19-,20-,21+,23-,24+,27+,28-,29+/m0/s1. The summed E-state index contributed by atoms with van der Waals surface area (Å²) in [5.74, 6) is -5.88. The molecule has 40 heavy (non-hydrogen) atoms. The summed E-state index contributed by atoms with van der Waals surface area (Å²) in [4.78, 5) is 27.7. The highest BCUT2D eigenvalue weighted by atomic mass is 19.1. The number of carbonyl (C=O) groups excluding carboxylic acids is 2. The van der Waals surface area contributed by atoms with E-state index in [-0.39, 0.29) is 17.9 Å². The zero-order chi connectivity index (χ0) is 28.4. The monoisotopic (exact) mass is 553 g/mol. The molecule has 1 aromatic carbocycles. The Balaban J connectivity index is 1.31. The molecule has 11 heteroatoms. The van der Waals surface area contributed by atoms with Crippen molar-refractivity contribution < 1.29 is 38.8 Å². The summed E-state index contributed by atoms with van der Waals surface area (Å²) in [5, 5.41) is 43.5. The van der Waals surface area contributed by atoms with E-state index in [0.29, 0.717) is 31.4 Å². The minimum Gasteiger partial charge on any atom is -0.456 e. The third-order valence-corrected chi connectivity index (χ3v) is 10.9. The molecule has 0 amide bonds. The number of aliphatic hydroxyl groups excluding tert-OH is 2. The molecule has 10 nitrogen and oxygen atoms in total. The molecule has 6 fully saturated rings. The van der Waals surface area contributed by atoms with Gasteiger partial charge in [0.2, 0.25) is 5.79 Å². The lowest BCUT2D eigenvalue weighted by molar-refractivity contribution is -0.457. The topological polar surface area (TPSA) is 144 Å². The average molecular weight is 554 g/mol. The van der Waals surface area contributed by atoms with E-state index in [9.17, 15) is 29.3 Å². The zero-order valence-electron chi connectivity index (χ0n) is 22.3. The normalized spacial score (nSPS) is 42.9. The second kappa shape index (κ2) is 8.06. The summed E-state index contributed by atoms with van der Waals surface area (Å²) in [6, 6.07) is 5.46. The Kier molecular flexibility index (Phi) is 5.23. The van der Waals surface area contributed by atoms with E-state index >= 15 is 0 Å². The van der Waals surface area contributed by atoms with Gasteiger partial charge in [0.25, 0.3) is 0 Å². The summed E-state index contributed by atoms with van der Waals surface area (Å²) >= 11 is 0. The lowest BCUT2D eigenvalue weighted by Gasteiger charge is -2.74. The summed E-state index contributed by atoms with van der Waals surface area (Å²) < 4.78 is 26.7. The predicted molar refractivity (Wildman–Crippen MR) is 135 cm³/mol. The molecule has 4 bridgehead atoms. The average Bonchev–Trinajstić information content (AvgIpc) is 3.45. The Morgan fingerprint density at radius 2 is 1.93 bits per heavy atom. The van der Waals surface area contributed by atoms with Gasteiger partial charge in [-0.1, -0.05) is 25.6 Å². The lowest BCUT2D eigenvalue weighted by Crippen LogP contribution is -2.85. The van der Waals surface area contributed by atoms with Gasteiger partial charge in [-0.2, -0.15) is 0 Å². The third kappa shape index (κ3) is 2.86. The first-order valence-corrected chi connectivity index (χ1v) is 13.7. The number of Topliss-reactive ketones (excluding diaryl/α,β-unsaturated/α-hetero) is 1. The highest BCUT2D eigenvalue weighted by Gasteiger charge is 2.87.